The average Bonchev–Trinajstić information content (AvgIpc) is 2.86. The summed E-state index contributed by atoms with van der Waals surface area (Å²) in [5, 5.41) is 0.275. The third kappa shape index (κ3) is 3.91. The van der Waals surface area contributed by atoms with Gasteiger partial charge in [-0.15, -0.1) is 11.8 Å². The van der Waals surface area contributed by atoms with Crippen LogP contribution in [0.5, 0.6) is 23.0 Å². The predicted molar refractivity (Wildman–Crippen MR) is 131 cm³/mol. The number of methoxy groups -OCH3 is 4. The second kappa shape index (κ2) is 9.20. The van der Waals surface area contributed by atoms with Crippen LogP contribution in [0.1, 0.15) is 33.5 Å². The topological polar surface area (TPSA) is 40.2 Å². The van der Waals surface area contributed by atoms with E-state index < -0.39 is 0 Å². The van der Waals surface area contributed by atoms with E-state index in [9.17, 15) is 0 Å². The molecule has 0 aliphatic carbocycles. The van der Waals surface area contributed by atoms with Crippen LogP contribution in [0.25, 0.3) is 0 Å². The molecule has 3 aromatic carbocycles. The summed E-state index contributed by atoms with van der Waals surface area (Å²) < 4.78 is 22.7. The number of rotatable bonds is 6. The van der Waals surface area contributed by atoms with Crippen LogP contribution in [0, 0.1) is 0 Å². The molecule has 5 nitrogen and oxygen atoms in total. The summed E-state index contributed by atoms with van der Waals surface area (Å²) in [5.41, 5.74) is 5.17. The molecule has 0 fully saturated rings. The van der Waals surface area contributed by atoms with Crippen molar-refractivity contribution < 1.29 is 18.9 Å². The minimum Gasteiger partial charge on any atom is -0.493 e. The highest BCUT2D eigenvalue weighted by Crippen LogP contribution is 2.51. The van der Waals surface area contributed by atoms with Crippen molar-refractivity contribution in [2.24, 2.45) is 0 Å². The first-order valence-corrected chi connectivity index (χ1v) is 12.0. The van der Waals surface area contributed by atoms with Crippen molar-refractivity contribution in [3.63, 3.8) is 0 Å². The largest absolute Gasteiger partial charge is 0.493 e. The fourth-order valence-electron chi connectivity index (χ4n) is 5.10. The molecule has 0 spiro atoms. The summed E-state index contributed by atoms with van der Waals surface area (Å²) in [4.78, 5) is 3.83. The van der Waals surface area contributed by atoms with E-state index in [1.165, 1.54) is 27.1 Å². The van der Waals surface area contributed by atoms with Crippen LogP contribution in [0.3, 0.4) is 0 Å². The van der Waals surface area contributed by atoms with Gasteiger partial charge in [0, 0.05) is 34.8 Å². The Hall–Kier alpha value is -2.83. The van der Waals surface area contributed by atoms with Crippen LogP contribution in [-0.2, 0) is 13.0 Å². The molecule has 2 aliphatic heterocycles. The molecule has 2 heterocycles. The first kappa shape index (κ1) is 22.0. The van der Waals surface area contributed by atoms with Crippen molar-refractivity contribution in [1.82, 2.24) is 4.90 Å². The minimum absolute atomic E-state index is 0.275. The summed E-state index contributed by atoms with van der Waals surface area (Å²) >= 11 is 1.90. The van der Waals surface area contributed by atoms with Crippen LogP contribution in [0.4, 0.5) is 0 Å². The molecule has 0 radical (unpaired) electrons. The molecule has 5 rings (SSSR count). The first-order valence-electron chi connectivity index (χ1n) is 11.1. The SMILES string of the molecule is COc1cc2c(cc1OC)[C@@H]1Cc3ccc(OC)c(OC)c3CN1CC2Sc1ccccc1. The van der Waals surface area contributed by atoms with Gasteiger partial charge < -0.3 is 18.9 Å². The predicted octanol–water partition coefficient (Wildman–Crippen LogP) is 5.67. The zero-order chi connectivity index (χ0) is 22.9. The molecule has 3 aromatic rings. The second-order valence-corrected chi connectivity index (χ2v) is 9.62. The fraction of sp³-hybridized carbons (Fsp3) is 0.333. The molecule has 0 bridgehead atoms. The molecule has 172 valence electrons. The van der Waals surface area contributed by atoms with Gasteiger partial charge in [0.15, 0.2) is 23.0 Å². The van der Waals surface area contributed by atoms with Gasteiger partial charge in [-0.2, -0.15) is 0 Å². The van der Waals surface area contributed by atoms with Gasteiger partial charge in [-0.1, -0.05) is 24.3 Å². The second-order valence-electron chi connectivity index (χ2n) is 8.34. The molecule has 0 N–H and O–H groups in total. The maximum atomic E-state index is 5.78. The Bertz CT molecular complexity index is 1150. The van der Waals surface area contributed by atoms with E-state index >= 15 is 0 Å². The third-order valence-corrected chi connectivity index (χ3v) is 7.91. The van der Waals surface area contributed by atoms with Crippen molar-refractivity contribution in [1.29, 1.82) is 0 Å². The molecule has 0 aromatic heterocycles. The summed E-state index contributed by atoms with van der Waals surface area (Å²) in [6.07, 6.45) is 0.918. The van der Waals surface area contributed by atoms with Gasteiger partial charge in [0.2, 0.25) is 0 Å². The summed E-state index contributed by atoms with van der Waals surface area (Å²) in [5.74, 6) is 3.19. The summed E-state index contributed by atoms with van der Waals surface area (Å²) in [6.45, 7) is 1.76. The highest BCUT2D eigenvalue weighted by atomic mass is 32.2. The van der Waals surface area contributed by atoms with E-state index in [-0.39, 0.29) is 11.3 Å². The Balaban J connectivity index is 1.60. The number of fused-ring (bicyclic) bond motifs is 4. The lowest BCUT2D eigenvalue weighted by Gasteiger charge is -2.44. The average molecular weight is 464 g/mol. The molecular weight excluding hydrogens is 434 g/mol. The Labute approximate surface area is 199 Å². The van der Waals surface area contributed by atoms with E-state index in [2.05, 4.69) is 53.4 Å². The molecule has 0 saturated heterocycles. The molecule has 6 heteroatoms. The van der Waals surface area contributed by atoms with E-state index in [0.29, 0.717) is 0 Å². The lowest BCUT2D eigenvalue weighted by atomic mass is 9.83. The molecule has 2 aliphatic rings. The van der Waals surface area contributed by atoms with Crippen molar-refractivity contribution >= 4 is 11.8 Å². The molecule has 2 atom stereocenters. The molecule has 0 amide bonds. The monoisotopic (exact) mass is 463 g/mol. The van der Waals surface area contributed by atoms with E-state index in [4.69, 9.17) is 18.9 Å². The number of hydrogen-bond acceptors (Lipinski definition) is 6. The first-order chi connectivity index (χ1) is 16.2. The Kier molecular flexibility index (Phi) is 6.13. The smallest absolute Gasteiger partial charge is 0.165 e. The van der Waals surface area contributed by atoms with E-state index in [1.807, 2.05) is 17.8 Å². The quantitative estimate of drug-likeness (QED) is 0.469. The van der Waals surface area contributed by atoms with Crippen molar-refractivity contribution in [3.8, 4) is 23.0 Å². The standard InChI is InChI=1S/C27H29NO4S/c1-29-23-11-10-17-12-22-19-13-24(30-2)25(31-3)14-20(19)26(33-18-8-6-5-7-9-18)16-28(22)15-21(17)27(23)32-4/h5-11,13-14,22,26H,12,15-16H2,1-4H3/t22-,26?/m0/s1. The number of thioether (sulfide) groups is 1. The number of benzene rings is 3. The molecular formula is C27H29NO4S. The zero-order valence-corrected chi connectivity index (χ0v) is 20.3. The normalized spacial score (nSPS) is 19.2. The Morgan fingerprint density at radius 1 is 0.788 bits per heavy atom. The van der Waals surface area contributed by atoms with Gasteiger partial charge in [0.25, 0.3) is 0 Å². The van der Waals surface area contributed by atoms with E-state index in [0.717, 1.165) is 42.5 Å². The number of hydrogen-bond donors (Lipinski definition) is 0. The van der Waals surface area contributed by atoms with Crippen LogP contribution < -0.4 is 18.9 Å². The number of nitrogens with zero attached hydrogens (tertiary/aromatic N) is 1. The van der Waals surface area contributed by atoms with Gasteiger partial charge in [-0.05, 0) is 53.4 Å². The molecule has 1 unspecified atom stereocenters. The molecule has 33 heavy (non-hydrogen) atoms. The summed E-state index contributed by atoms with van der Waals surface area (Å²) in [7, 11) is 6.82. The van der Waals surface area contributed by atoms with Crippen molar-refractivity contribution in [3.05, 3.63) is 76.9 Å². The highest BCUT2D eigenvalue weighted by Gasteiger charge is 2.39. The van der Waals surface area contributed by atoms with E-state index in [1.54, 1.807) is 28.4 Å². The van der Waals surface area contributed by atoms with Crippen LogP contribution in [-0.4, -0.2) is 39.9 Å². The maximum absolute atomic E-state index is 5.78. The van der Waals surface area contributed by atoms with Gasteiger partial charge in [0.1, 0.15) is 0 Å². The summed E-state index contributed by atoms with van der Waals surface area (Å²) in [6, 6.07) is 19.4. The third-order valence-electron chi connectivity index (χ3n) is 6.68. The van der Waals surface area contributed by atoms with Gasteiger partial charge >= 0.3 is 0 Å². The molecule has 0 saturated carbocycles. The fourth-order valence-corrected chi connectivity index (χ4v) is 6.34. The van der Waals surface area contributed by atoms with Crippen molar-refractivity contribution in [2.75, 3.05) is 35.0 Å². The highest BCUT2D eigenvalue weighted by molar-refractivity contribution is 7.99. The van der Waals surface area contributed by atoms with Crippen LogP contribution in [0.15, 0.2) is 59.5 Å². The minimum atomic E-state index is 0.275. The van der Waals surface area contributed by atoms with Gasteiger partial charge in [-0.3, -0.25) is 4.90 Å². The van der Waals surface area contributed by atoms with Crippen LogP contribution >= 0.6 is 11.8 Å². The lowest BCUT2D eigenvalue weighted by molar-refractivity contribution is 0.155. The van der Waals surface area contributed by atoms with Gasteiger partial charge in [-0.25, -0.2) is 0 Å². The van der Waals surface area contributed by atoms with Gasteiger partial charge in [0.05, 0.1) is 28.4 Å². The maximum Gasteiger partial charge on any atom is 0.165 e. The van der Waals surface area contributed by atoms with Crippen LogP contribution in [0.2, 0.25) is 0 Å². The lowest BCUT2D eigenvalue weighted by Crippen LogP contribution is -2.40. The Morgan fingerprint density at radius 2 is 1.48 bits per heavy atom. The van der Waals surface area contributed by atoms with Crippen molar-refractivity contribution in [2.45, 2.75) is 29.2 Å². The Morgan fingerprint density at radius 3 is 2.15 bits per heavy atom. The number of ether oxygens (including phenoxy) is 4. The zero-order valence-electron chi connectivity index (χ0n) is 19.5.